The van der Waals surface area contributed by atoms with Crippen LogP contribution in [0.4, 0.5) is 0 Å². The van der Waals surface area contributed by atoms with Crippen LogP contribution in [-0.4, -0.2) is 36.7 Å². The van der Waals surface area contributed by atoms with Gasteiger partial charge in [-0.25, -0.2) is 4.98 Å². The van der Waals surface area contributed by atoms with Crippen LogP contribution in [0.15, 0.2) is 28.7 Å². The lowest BCUT2D eigenvalue weighted by Gasteiger charge is -2.31. The summed E-state index contributed by atoms with van der Waals surface area (Å²) in [7, 11) is 1.78. The summed E-state index contributed by atoms with van der Waals surface area (Å²) in [6, 6.07) is 7.59. The Bertz CT molecular complexity index is 637. The number of likely N-dealkylation sites (tertiary alicyclic amines) is 1. The molecule has 1 aromatic heterocycles. The number of ether oxygens (including phenoxy) is 1. The van der Waals surface area contributed by atoms with E-state index in [2.05, 4.69) is 4.90 Å². The lowest BCUT2D eigenvalue weighted by atomic mass is 9.99. The van der Waals surface area contributed by atoms with Gasteiger partial charge in [0.2, 0.25) is 5.89 Å². The van der Waals surface area contributed by atoms with E-state index in [4.69, 9.17) is 25.7 Å². The zero-order chi connectivity index (χ0) is 16.2. The van der Waals surface area contributed by atoms with Crippen LogP contribution in [0.1, 0.15) is 24.3 Å². The van der Waals surface area contributed by atoms with Crippen molar-refractivity contribution in [1.29, 1.82) is 0 Å². The average Bonchev–Trinajstić information content (AvgIpc) is 2.90. The lowest BCUT2D eigenvalue weighted by Crippen LogP contribution is -2.36. The molecule has 23 heavy (non-hydrogen) atoms. The molecule has 1 unspecified atom stereocenters. The van der Waals surface area contributed by atoms with E-state index in [-0.39, 0.29) is 0 Å². The number of hydrogen-bond donors (Lipinski definition) is 0. The third-order valence-electron chi connectivity index (χ3n) is 4.36. The van der Waals surface area contributed by atoms with E-state index in [9.17, 15) is 0 Å². The summed E-state index contributed by atoms with van der Waals surface area (Å²) in [5.41, 5.74) is 1.98. The highest BCUT2D eigenvalue weighted by Gasteiger charge is 2.22. The van der Waals surface area contributed by atoms with E-state index >= 15 is 0 Å². The number of aromatic nitrogens is 1. The van der Waals surface area contributed by atoms with Gasteiger partial charge in [-0.2, -0.15) is 0 Å². The second kappa shape index (κ2) is 7.47. The van der Waals surface area contributed by atoms with Crippen LogP contribution in [0, 0.1) is 12.8 Å². The van der Waals surface area contributed by atoms with Crippen molar-refractivity contribution in [3.8, 4) is 11.5 Å². The van der Waals surface area contributed by atoms with Gasteiger partial charge in [0.25, 0.3) is 0 Å². The third-order valence-corrected chi connectivity index (χ3v) is 4.61. The summed E-state index contributed by atoms with van der Waals surface area (Å²) in [6.45, 7) is 5.84. The number of piperidine rings is 1. The van der Waals surface area contributed by atoms with E-state index in [1.165, 1.54) is 12.8 Å². The van der Waals surface area contributed by atoms with E-state index in [0.717, 1.165) is 48.3 Å². The Morgan fingerprint density at radius 1 is 1.35 bits per heavy atom. The Balaban J connectivity index is 1.70. The molecule has 0 aliphatic carbocycles. The molecule has 0 amide bonds. The van der Waals surface area contributed by atoms with Gasteiger partial charge in [0.05, 0.1) is 12.3 Å². The first kappa shape index (κ1) is 16.5. The molecule has 124 valence electrons. The summed E-state index contributed by atoms with van der Waals surface area (Å²) >= 11 is 5.94. The molecule has 1 fully saturated rings. The third kappa shape index (κ3) is 4.14. The second-order valence-electron chi connectivity index (χ2n) is 6.23. The highest BCUT2D eigenvalue weighted by molar-refractivity contribution is 6.30. The molecular weight excluding hydrogens is 312 g/mol. The summed E-state index contributed by atoms with van der Waals surface area (Å²) in [5, 5.41) is 0.717. The Morgan fingerprint density at radius 3 is 2.87 bits per heavy atom. The Labute approximate surface area is 142 Å². The molecule has 1 aliphatic heterocycles. The Hall–Kier alpha value is -1.36. The van der Waals surface area contributed by atoms with Crippen LogP contribution in [0.5, 0.6) is 0 Å². The number of hydrogen-bond acceptors (Lipinski definition) is 4. The summed E-state index contributed by atoms with van der Waals surface area (Å²) in [6.07, 6.45) is 2.47. The minimum atomic E-state index is 0.622. The molecular formula is C18H23ClN2O2. The largest absolute Gasteiger partial charge is 0.441 e. The highest BCUT2D eigenvalue weighted by atomic mass is 35.5. The van der Waals surface area contributed by atoms with Crippen molar-refractivity contribution < 1.29 is 9.15 Å². The van der Waals surface area contributed by atoms with Gasteiger partial charge in [0.15, 0.2) is 0 Å². The molecule has 0 radical (unpaired) electrons. The molecule has 2 aromatic rings. The van der Waals surface area contributed by atoms with Crippen LogP contribution in [0.2, 0.25) is 5.02 Å². The van der Waals surface area contributed by atoms with Gasteiger partial charge < -0.3 is 9.15 Å². The van der Waals surface area contributed by atoms with Crippen LogP contribution in [0.25, 0.3) is 11.5 Å². The van der Waals surface area contributed by atoms with E-state index in [1.54, 1.807) is 7.11 Å². The maximum absolute atomic E-state index is 5.94. The molecule has 3 rings (SSSR count). The van der Waals surface area contributed by atoms with Gasteiger partial charge in [-0.3, -0.25) is 4.90 Å². The predicted octanol–water partition coefficient (Wildman–Crippen LogP) is 4.16. The maximum Gasteiger partial charge on any atom is 0.226 e. The van der Waals surface area contributed by atoms with Crippen LogP contribution < -0.4 is 0 Å². The maximum atomic E-state index is 5.94. The van der Waals surface area contributed by atoms with Gasteiger partial charge in [0, 0.05) is 30.8 Å². The minimum absolute atomic E-state index is 0.622. The predicted molar refractivity (Wildman–Crippen MR) is 91.6 cm³/mol. The smallest absolute Gasteiger partial charge is 0.226 e. The molecule has 1 saturated heterocycles. The van der Waals surface area contributed by atoms with Crippen LogP contribution in [0.3, 0.4) is 0 Å². The summed E-state index contributed by atoms with van der Waals surface area (Å²) in [5.74, 6) is 2.18. The first-order valence-corrected chi connectivity index (χ1v) is 8.47. The van der Waals surface area contributed by atoms with Gasteiger partial charge in [-0.15, -0.1) is 0 Å². The van der Waals surface area contributed by atoms with Crippen molar-refractivity contribution in [3.05, 3.63) is 40.7 Å². The molecule has 1 aliphatic rings. The fourth-order valence-electron chi connectivity index (χ4n) is 3.17. The van der Waals surface area contributed by atoms with Crippen LogP contribution in [-0.2, 0) is 11.3 Å². The molecule has 0 spiro atoms. The minimum Gasteiger partial charge on any atom is -0.441 e. The second-order valence-corrected chi connectivity index (χ2v) is 6.66. The van der Waals surface area contributed by atoms with Crippen molar-refractivity contribution >= 4 is 11.6 Å². The van der Waals surface area contributed by atoms with Crippen molar-refractivity contribution in [2.45, 2.75) is 26.3 Å². The molecule has 1 aromatic carbocycles. The molecule has 2 heterocycles. The zero-order valence-corrected chi connectivity index (χ0v) is 14.5. The van der Waals surface area contributed by atoms with Gasteiger partial charge in [0.1, 0.15) is 5.76 Å². The normalized spacial score (nSPS) is 19.2. The summed E-state index contributed by atoms with van der Waals surface area (Å²) in [4.78, 5) is 7.14. The molecule has 5 heteroatoms. The van der Waals surface area contributed by atoms with E-state index in [1.807, 2.05) is 31.2 Å². The Kier molecular flexibility index (Phi) is 5.36. The number of nitrogens with zero attached hydrogens (tertiary/aromatic N) is 2. The number of methoxy groups -OCH3 is 1. The molecule has 0 N–H and O–H groups in total. The number of aryl methyl sites for hydroxylation is 1. The fourth-order valence-corrected chi connectivity index (χ4v) is 3.30. The van der Waals surface area contributed by atoms with Crippen molar-refractivity contribution in [2.75, 3.05) is 26.8 Å². The number of rotatable bonds is 5. The first-order valence-electron chi connectivity index (χ1n) is 8.09. The summed E-state index contributed by atoms with van der Waals surface area (Å²) < 4.78 is 11.2. The van der Waals surface area contributed by atoms with Crippen molar-refractivity contribution in [1.82, 2.24) is 9.88 Å². The molecule has 4 nitrogen and oxygen atoms in total. The Morgan fingerprint density at radius 2 is 2.13 bits per heavy atom. The van der Waals surface area contributed by atoms with Crippen molar-refractivity contribution in [3.63, 3.8) is 0 Å². The highest BCUT2D eigenvalue weighted by Crippen LogP contribution is 2.25. The standard InChI is InChI=1S/C18H23ClN2O2/c1-13-17(11-21-9-3-4-14(10-21)12-22-2)20-18(23-13)15-5-7-16(19)8-6-15/h5-8,14H,3-4,9-12H2,1-2H3. The number of benzene rings is 1. The van der Waals surface area contributed by atoms with E-state index < -0.39 is 0 Å². The lowest BCUT2D eigenvalue weighted by molar-refractivity contribution is 0.0866. The van der Waals surface area contributed by atoms with Crippen LogP contribution >= 0.6 is 11.6 Å². The molecule has 1 atom stereocenters. The van der Waals surface area contributed by atoms with Gasteiger partial charge in [-0.05, 0) is 56.5 Å². The first-order chi connectivity index (χ1) is 11.2. The fraction of sp³-hybridized carbons (Fsp3) is 0.500. The quantitative estimate of drug-likeness (QED) is 0.823. The van der Waals surface area contributed by atoms with Gasteiger partial charge >= 0.3 is 0 Å². The monoisotopic (exact) mass is 334 g/mol. The average molecular weight is 335 g/mol. The zero-order valence-electron chi connectivity index (χ0n) is 13.7. The van der Waals surface area contributed by atoms with E-state index in [0.29, 0.717) is 11.8 Å². The topological polar surface area (TPSA) is 38.5 Å². The molecule has 0 bridgehead atoms. The molecule has 0 saturated carbocycles. The SMILES string of the molecule is COCC1CCCN(Cc2nc(-c3ccc(Cl)cc3)oc2C)C1. The number of oxazole rings is 1. The van der Waals surface area contributed by atoms with Gasteiger partial charge in [-0.1, -0.05) is 11.6 Å². The number of halogens is 1. The van der Waals surface area contributed by atoms with Crippen molar-refractivity contribution in [2.24, 2.45) is 5.92 Å².